The molecule has 0 spiro atoms. The maximum atomic E-state index is 12.2. The number of carbonyl (C=O) groups is 1. The molecule has 1 aromatic heterocycles. The lowest BCUT2D eigenvalue weighted by molar-refractivity contribution is -0.120. The number of nitrogens with one attached hydrogen (secondary N) is 1. The summed E-state index contributed by atoms with van der Waals surface area (Å²) in [6, 6.07) is 9.19. The lowest BCUT2D eigenvalue weighted by Gasteiger charge is -2.16. The Bertz CT molecular complexity index is 1130. The van der Waals surface area contributed by atoms with Gasteiger partial charge in [-0.3, -0.25) is 4.79 Å². The van der Waals surface area contributed by atoms with Gasteiger partial charge in [0.05, 0.1) is 26.2 Å². The summed E-state index contributed by atoms with van der Waals surface area (Å²) < 4.78 is 0. The van der Waals surface area contributed by atoms with Gasteiger partial charge in [-0.25, -0.2) is 4.99 Å². The molecule has 0 unspecified atom stereocenters. The third kappa shape index (κ3) is 9.99. The number of nitrogens with two attached hydrogens (primary N) is 2. The summed E-state index contributed by atoms with van der Waals surface area (Å²) in [5.41, 5.74) is 15.0. The topological polar surface area (TPSA) is 93.5 Å². The van der Waals surface area contributed by atoms with Crippen LogP contribution in [-0.2, 0) is 4.79 Å². The van der Waals surface area contributed by atoms with Crippen LogP contribution < -0.4 is 16.8 Å². The fourth-order valence-corrected chi connectivity index (χ4v) is 4.74. The van der Waals surface area contributed by atoms with E-state index in [1.54, 1.807) is 29.5 Å². The van der Waals surface area contributed by atoms with E-state index in [0.717, 1.165) is 53.9 Å². The van der Waals surface area contributed by atoms with Gasteiger partial charge in [0, 0.05) is 35.7 Å². The van der Waals surface area contributed by atoms with Crippen molar-refractivity contribution in [2.75, 3.05) is 13.1 Å². The van der Waals surface area contributed by atoms with Crippen LogP contribution in [0.4, 0.5) is 5.69 Å². The van der Waals surface area contributed by atoms with Crippen molar-refractivity contribution in [3.8, 4) is 11.8 Å². The predicted octanol–water partition coefficient (Wildman–Crippen LogP) is 6.98. The summed E-state index contributed by atoms with van der Waals surface area (Å²) in [6.07, 6.45) is 6.99. The van der Waals surface area contributed by atoms with Crippen LogP contribution in [0.1, 0.15) is 75.0 Å². The van der Waals surface area contributed by atoms with Gasteiger partial charge in [-0.2, -0.15) is 0 Å². The first kappa shape index (κ1) is 29.9. The highest BCUT2D eigenvalue weighted by Crippen LogP contribution is 2.31. The molecule has 0 saturated carbocycles. The SMILES string of the molecule is CCCC#Cc1ccc(C(=Nc2ccc(Cl)cc2Cl)/C(CNC(=O)CC)=C(\N)CCCCCCN)s1. The summed E-state index contributed by atoms with van der Waals surface area (Å²) in [6.45, 7) is 4.90. The Morgan fingerprint density at radius 2 is 1.89 bits per heavy atom. The molecule has 8 heteroatoms. The van der Waals surface area contributed by atoms with Crippen molar-refractivity contribution >= 4 is 51.8 Å². The van der Waals surface area contributed by atoms with E-state index in [1.165, 1.54) is 0 Å². The Morgan fingerprint density at radius 3 is 2.58 bits per heavy atom. The molecule has 2 aromatic rings. The van der Waals surface area contributed by atoms with Gasteiger partial charge in [-0.1, -0.05) is 61.7 Å². The Hall–Kier alpha value is -2.30. The second kappa shape index (κ2) is 16.4. The minimum absolute atomic E-state index is 0.0515. The molecular weight excluding hydrogens is 511 g/mol. The number of nitrogens with zero attached hydrogens (tertiary/aromatic N) is 1. The van der Waals surface area contributed by atoms with Crippen molar-refractivity contribution in [3.63, 3.8) is 0 Å². The first-order valence-corrected chi connectivity index (χ1v) is 14.0. The molecule has 0 aliphatic heterocycles. The Balaban J connectivity index is 2.55. The van der Waals surface area contributed by atoms with E-state index in [0.29, 0.717) is 46.5 Å². The second-order valence-electron chi connectivity index (χ2n) is 8.36. The Kier molecular flexibility index (Phi) is 13.7. The molecule has 0 aliphatic carbocycles. The molecular formula is C28H36Cl2N4OS. The molecule has 1 heterocycles. The van der Waals surface area contributed by atoms with Crippen molar-refractivity contribution in [3.05, 3.63) is 61.4 Å². The lowest BCUT2D eigenvalue weighted by atomic mass is 10.0. The normalized spacial score (nSPS) is 12.1. The molecule has 2 rings (SSSR count). The van der Waals surface area contributed by atoms with Gasteiger partial charge in [-0.05, 0) is 62.6 Å². The first-order chi connectivity index (χ1) is 17.4. The van der Waals surface area contributed by atoms with Crippen molar-refractivity contribution in [1.29, 1.82) is 0 Å². The predicted molar refractivity (Wildman–Crippen MR) is 155 cm³/mol. The van der Waals surface area contributed by atoms with Crippen LogP contribution in [0.3, 0.4) is 0 Å². The number of rotatable bonds is 13. The van der Waals surface area contributed by atoms with E-state index in [2.05, 4.69) is 24.1 Å². The average molecular weight is 548 g/mol. The number of allylic oxidation sites excluding steroid dienone is 1. The van der Waals surface area contributed by atoms with Crippen molar-refractivity contribution in [2.45, 2.75) is 65.2 Å². The molecule has 5 N–H and O–H groups in total. The largest absolute Gasteiger partial charge is 0.402 e. The van der Waals surface area contributed by atoms with Crippen molar-refractivity contribution < 1.29 is 4.79 Å². The zero-order valence-corrected chi connectivity index (χ0v) is 23.5. The molecule has 1 aromatic carbocycles. The Labute approximate surface area is 229 Å². The van der Waals surface area contributed by atoms with E-state index < -0.39 is 0 Å². The number of unbranched alkanes of at least 4 members (excludes halogenated alkanes) is 4. The highest BCUT2D eigenvalue weighted by Gasteiger charge is 2.18. The molecule has 0 atom stereocenters. The number of halogens is 2. The van der Waals surface area contributed by atoms with E-state index in [4.69, 9.17) is 39.7 Å². The van der Waals surface area contributed by atoms with E-state index >= 15 is 0 Å². The summed E-state index contributed by atoms with van der Waals surface area (Å²) in [5.74, 6) is 6.37. The average Bonchev–Trinajstić information content (AvgIpc) is 3.33. The highest BCUT2D eigenvalue weighted by molar-refractivity contribution is 7.14. The third-order valence-corrected chi connectivity index (χ3v) is 6.97. The number of thiophene rings is 1. The second-order valence-corrected chi connectivity index (χ2v) is 10.3. The van der Waals surface area contributed by atoms with Gasteiger partial charge in [0.15, 0.2) is 0 Å². The van der Waals surface area contributed by atoms with Crippen LogP contribution in [-0.4, -0.2) is 24.7 Å². The molecule has 0 radical (unpaired) electrons. The molecule has 36 heavy (non-hydrogen) atoms. The van der Waals surface area contributed by atoms with Gasteiger partial charge in [0.25, 0.3) is 0 Å². The molecule has 0 saturated heterocycles. The summed E-state index contributed by atoms with van der Waals surface area (Å²) >= 11 is 14.1. The van der Waals surface area contributed by atoms with E-state index in [1.807, 2.05) is 19.1 Å². The van der Waals surface area contributed by atoms with E-state index in [9.17, 15) is 4.79 Å². The van der Waals surface area contributed by atoms with Crippen LogP contribution in [0.2, 0.25) is 10.0 Å². The quantitative estimate of drug-likeness (QED) is 0.144. The minimum atomic E-state index is -0.0515. The first-order valence-electron chi connectivity index (χ1n) is 12.5. The number of amides is 1. The van der Waals surface area contributed by atoms with Gasteiger partial charge < -0.3 is 16.8 Å². The maximum absolute atomic E-state index is 12.2. The smallest absolute Gasteiger partial charge is 0.219 e. The zero-order chi connectivity index (χ0) is 26.3. The monoisotopic (exact) mass is 546 g/mol. The van der Waals surface area contributed by atoms with Crippen LogP contribution in [0.15, 0.2) is 46.6 Å². The highest BCUT2D eigenvalue weighted by atomic mass is 35.5. The van der Waals surface area contributed by atoms with E-state index in [-0.39, 0.29) is 12.5 Å². The number of aliphatic imine (C=N–C) groups is 1. The van der Waals surface area contributed by atoms with Crippen molar-refractivity contribution in [1.82, 2.24) is 5.32 Å². The van der Waals surface area contributed by atoms with Gasteiger partial charge in [0.1, 0.15) is 0 Å². The van der Waals surface area contributed by atoms with Crippen molar-refractivity contribution in [2.24, 2.45) is 16.5 Å². The fraction of sp³-hybridized carbons (Fsp3) is 0.429. The molecule has 194 valence electrons. The summed E-state index contributed by atoms with van der Waals surface area (Å²) in [4.78, 5) is 19.0. The number of hydrogen-bond donors (Lipinski definition) is 3. The van der Waals surface area contributed by atoms with Crippen LogP contribution in [0.5, 0.6) is 0 Å². The fourth-order valence-electron chi connectivity index (χ4n) is 3.40. The number of hydrogen-bond acceptors (Lipinski definition) is 5. The standard InChI is InChI=1S/C28H36Cl2N4OS/c1-3-5-8-11-21-14-16-26(36-21)28(34-25-15-13-20(29)18-23(25)30)22(19-33-27(35)4-2)24(32)12-9-6-7-10-17-31/h13-16,18H,3-7,9-10,12,17,19,31-32H2,1-2H3,(H,33,35)/b24-22-,34-28?. The summed E-state index contributed by atoms with van der Waals surface area (Å²) in [5, 5.41) is 3.96. The number of benzene rings is 1. The minimum Gasteiger partial charge on any atom is -0.402 e. The molecule has 5 nitrogen and oxygen atoms in total. The van der Waals surface area contributed by atoms with Gasteiger partial charge in [0.2, 0.25) is 5.91 Å². The molecule has 0 aliphatic rings. The molecule has 1 amide bonds. The van der Waals surface area contributed by atoms with Gasteiger partial charge >= 0.3 is 0 Å². The maximum Gasteiger partial charge on any atom is 0.219 e. The van der Waals surface area contributed by atoms with Crippen LogP contribution in [0.25, 0.3) is 0 Å². The number of carbonyl (C=O) groups excluding carboxylic acids is 1. The summed E-state index contributed by atoms with van der Waals surface area (Å²) in [7, 11) is 0. The van der Waals surface area contributed by atoms with Crippen LogP contribution in [0, 0.1) is 11.8 Å². The molecule has 0 fully saturated rings. The van der Waals surface area contributed by atoms with Crippen LogP contribution >= 0.6 is 34.5 Å². The van der Waals surface area contributed by atoms with Gasteiger partial charge in [-0.15, -0.1) is 11.3 Å². The third-order valence-electron chi connectivity index (χ3n) is 5.43. The Morgan fingerprint density at radius 1 is 1.11 bits per heavy atom. The lowest BCUT2D eigenvalue weighted by Crippen LogP contribution is -2.29. The zero-order valence-electron chi connectivity index (χ0n) is 21.1. The molecule has 0 bridgehead atoms.